The van der Waals surface area contributed by atoms with E-state index in [-0.39, 0.29) is 35.5 Å². The normalized spacial score (nSPS) is 19.1. The molecule has 1 saturated heterocycles. The molecule has 0 unspecified atom stereocenters. The highest BCUT2D eigenvalue weighted by molar-refractivity contribution is 7.91. The van der Waals surface area contributed by atoms with Crippen LogP contribution in [0.2, 0.25) is 0 Å². The molecule has 0 bridgehead atoms. The molecular weight excluding hydrogens is 386 g/mol. The average molecular weight is 410 g/mol. The summed E-state index contributed by atoms with van der Waals surface area (Å²) in [5.41, 5.74) is 1.49. The van der Waals surface area contributed by atoms with Crippen LogP contribution in [0.5, 0.6) is 5.75 Å². The maximum Gasteiger partial charge on any atom is 0.221 e. The van der Waals surface area contributed by atoms with Gasteiger partial charge < -0.3 is 10.4 Å². The van der Waals surface area contributed by atoms with Crippen molar-refractivity contribution in [3.8, 4) is 5.75 Å². The lowest BCUT2D eigenvalue weighted by atomic mass is 9.92. The first-order chi connectivity index (χ1) is 13.9. The average Bonchev–Trinajstić information content (AvgIpc) is 3.05. The predicted octanol–water partition coefficient (Wildman–Crippen LogP) is 3.58. The zero-order valence-electron chi connectivity index (χ0n) is 15.9. The van der Waals surface area contributed by atoms with Gasteiger partial charge in [0.15, 0.2) is 9.84 Å². The third kappa shape index (κ3) is 4.27. The third-order valence-electron chi connectivity index (χ3n) is 5.48. The molecule has 0 aliphatic carbocycles. The molecule has 29 heavy (non-hydrogen) atoms. The topological polar surface area (TPSA) is 83.5 Å². The molecule has 5 nitrogen and oxygen atoms in total. The van der Waals surface area contributed by atoms with E-state index in [0.717, 1.165) is 16.3 Å². The number of hydrogen-bond acceptors (Lipinski definition) is 4. The van der Waals surface area contributed by atoms with Crippen molar-refractivity contribution in [2.24, 2.45) is 5.92 Å². The maximum absolute atomic E-state index is 12.8. The summed E-state index contributed by atoms with van der Waals surface area (Å²) in [6, 6.07) is 20.2. The molecule has 1 aliphatic heterocycles. The van der Waals surface area contributed by atoms with E-state index in [1.807, 2.05) is 60.7 Å². The second-order valence-corrected chi connectivity index (χ2v) is 9.83. The van der Waals surface area contributed by atoms with Crippen LogP contribution in [0.3, 0.4) is 0 Å². The van der Waals surface area contributed by atoms with Gasteiger partial charge in [-0.2, -0.15) is 0 Å². The van der Waals surface area contributed by atoms with Crippen LogP contribution in [0.4, 0.5) is 0 Å². The summed E-state index contributed by atoms with van der Waals surface area (Å²) < 4.78 is 23.4. The molecule has 4 rings (SSSR count). The minimum absolute atomic E-state index is 0.0654. The van der Waals surface area contributed by atoms with E-state index in [2.05, 4.69) is 5.32 Å². The first kappa shape index (κ1) is 19.5. The van der Waals surface area contributed by atoms with Crippen molar-refractivity contribution in [1.82, 2.24) is 5.32 Å². The molecule has 3 aromatic rings. The van der Waals surface area contributed by atoms with Crippen LogP contribution in [0.15, 0.2) is 66.7 Å². The lowest BCUT2D eigenvalue weighted by Gasteiger charge is -2.23. The Kier molecular flexibility index (Phi) is 5.28. The molecule has 0 saturated carbocycles. The molecule has 3 aromatic carbocycles. The molecule has 2 atom stereocenters. The molecular formula is C23H23NO4S. The molecule has 150 valence electrons. The number of amides is 1. The highest BCUT2D eigenvalue weighted by atomic mass is 32.2. The van der Waals surface area contributed by atoms with Crippen molar-refractivity contribution in [3.63, 3.8) is 0 Å². The number of carbonyl (C=O) groups is 1. The van der Waals surface area contributed by atoms with Gasteiger partial charge in [-0.25, -0.2) is 8.42 Å². The summed E-state index contributed by atoms with van der Waals surface area (Å²) in [4.78, 5) is 12.8. The zero-order valence-corrected chi connectivity index (χ0v) is 16.7. The Labute approximate surface area is 170 Å². The van der Waals surface area contributed by atoms with Crippen LogP contribution in [-0.2, 0) is 14.6 Å². The Morgan fingerprint density at radius 1 is 1.03 bits per heavy atom. The molecule has 1 amide bonds. The van der Waals surface area contributed by atoms with Crippen molar-refractivity contribution in [1.29, 1.82) is 0 Å². The van der Waals surface area contributed by atoms with Gasteiger partial charge in [0.2, 0.25) is 5.91 Å². The Morgan fingerprint density at radius 2 is 1.76 bits per heavy atom. The molecule has 0 radical (unpaired) electrons. The van der Waals surface area contributed by atoms with Gasteiger partial charge >= 0.3 is 0 Å². The van der Waals surface area contributed by atoms with Gasteiger partial charge in [0.05, 0.1) is 17.5 Å². The molecule has 6 heteroatoms. The number of aromatic hydroxyl groups is 1. The van der Waals surface area contributed by atoms with E-state index in [4.69, 9.17) is 0 Å². The number of sulfone groups is 1. The number of phenols is 1. The van der Waals surface area contributed by atoms with Gasteiger partial charge in [0.25, 0.3) is 0 Å². The Hall–Kier alpha value is -2.86. The van der Waals surface area contributed by atoms with E-state index >= 15 is 0 Å². The van der Waals surface area contributed by atoms with Crippen LogP contribution in [0.1, 0.15) is 30.0 Å². The lowest BCUT2D eigenvalue weighted by Crippen LogP contribution is -2.31. The number of rotatable bonds is 5. The monoisotopic (exact) mass is 409 g/mol. The van der Waals surface area contributed by atoms with E-state index in [9.17, 15) is 18.3 Å². The van der Waals surface area contributed by atoms with Gasteiger partial charge in [0.1, 0.15) is 5.75 Å². The van der Waals surface area contributed by atoms with Gasteiger partial charge in [-0.3, -0.25) is 4.79 Å². The van der Waals surface area contributed by atoms with Crippen LogP contribution in [0.25, 0.3) is 10.8 Å². The number of nitrogens with one attached hydrogen (secondary N) is 1. The molecule has 0 spiro atoms. The van der Waals surface area contributed by atoms with Crippen molar-refractivity contribution in [2.45, 2.75) is 18.9 Å². The van der Waals surface area contributed by atoms with Crippen LogP contribution in [0, 0.1) is 5.92 Å². The van der Waals surface area contributed by atoms with Gasteiger partial charge in [0, 0.05) is 12.0 Å². The second kappa shape index (κ2) is 7.87. The summed E-state index contributed by atoms with van der Waals surface area (Å²) in [7, 11) is -3.03. The summed E-state index contributed by atoms with van der Waals surface area (Å²) >= 11 is 0. The summed E-state index contributed by atoms with van der Waals surface area (Å²) in [6.07, 6.45) is 0.680. The minimum atomic E-state index is -3.03. The molecule has 1 heterocycles. The standard InChI is InChI=1S/C23H23NO4S/c25-20-11-10-17-6-4-5-9-19(17)22(20)23(18-7-2-1-3-8-18)24-21(26)14-16-12-13-29(27,28)15-16/h1-11,16,23,25H,12-15H2,(H,24,26)/t16-,23+/m0/s1. The van der Waals surface area contributed by atoms with E-state index < -0.39 is 15.9 Å². The number of hydrogen-bond donors (Lipinski definition) is 2. The number of phenolic OH excluding ortho intramolecular Hbond substituents is 1. The van der Waals surface area contributed by atoms with Crippen molar-refractivity contribution < 1.29 is 18.3 Å². The fraction of sp³-hybridized carbons (Fsp3) is 0.261. The minimum Gasteiger partial charge on any atom is -0.508 e. The van der Waals surface area contributed by atoms with Gasteiger partial charge in [-0.1, -0.05) is 60.7 Å². The third-order valence-corrected chi connectivity index (χ3v) is 7.31. The van der Waals surface area contributed by atoms with Gasteiger partial charge in [-0.05, 0) is 34.7 Å². The number of carbonyl (C=O) groups excluding carboxylic acids is 1. The van der Waals surface area contributed by atoms with Gasteiger partial charge in [-0.15, -0.1) is 0 Å². The van der Waals surface area contributed by atoms with Crippen molar-refractivity contribution in [3.05, 3.63) is 77.9 Å². The van der Waals surface area contributed by atoms with E-state index in [1.54, 1.807) is 6.07 Å². The fourth-order valence-corrected chi connectivity index (χ4v) is 5.93. The molecule has 1 fully saturated rings. The molecule has 2 N–H and O–H groups in total. The predicted molar refractivity (Wildman–Crippen MR) is 113 cm³/mol. The van der Waals surface area contributed by atoms with Crippen LogP contribution < -0.4 is 5.32 Å². The second-order valence-electron chi connectivity index (χ2n) is 7.60. The maximum atomic E-state index is 12.8. The highest BCUT2D eigenvalue weighted by Gasteiger charge is 2.30. The Balaban J connectivity index is 1.69. The highest BCUT2D eigenvalue weighted by Crippen LogP contribution is 2.36. The Morgan fingerprint density at radius 3 is 2.48 bits per heavy atom. The number of benzene rings is 3. The van der Waals surface area contributed by atoms with Crippen LogP contribution in [-0.4, -0.2) is 30.9 Å². The summed E-state index contributed by atoms with van der Waals surface area (Å²) in [5, 5.41) is 15.6. The molecule has 0 aromatic heterocycles. The van der Waals surface area contributed by atoms with E-state index in [0.29, 0.717) is 12.0 Å². The number of fused-ring (bicyclic) bond motifs is 1. The Bertz CT molecular complexity index is 1140. The first-order valence-electron chi connectivity index (χ1n) is 9.68. The summed E-state index contributed by atoms with van der Waals surface area (Å²) in [6.45, 7) is 0. The smallest absolute Gasteiger partial charge is 0.221 e. The van der Waals surface area contributed by atoms with Crippen molar-refractivity contribution >= 4 is 26.5 Å². The SMILES string of the molecule is O=C(C[C@@H]1CCS(=O)(=O)C1)N[C@H](c1ccccc1)c1c(O)ccc2ccccc12. The lowest BCUT2D eigenvalue weighted by molar-refractivity contribution is -0.122. The molecule has 1 aliphatic rings. The fourth-order valence-electron chi connectivity index (χ4n) is 4.07. The van der Waals surface area contributed by atoms with Crippen LogP contribution >= 0.6 is 0 Å². The first-order valence-corrected chi connectivity index (χ1v) is 11.5. The van der Waals surface area contributed by atoms with Crippen molar-refractivity contribution in [2.75, 3.05) is 11.5 Å². The summed E-state index contributed by atoms with van der Waals surface area (Å²) in [5.74, 6) is -0.0419. The van der Waals surface area contributed by atoms with E-state index in [1.165, 1.54) is 0 Å². The largest absolute Gasteiger partial charge is 0.508 e. The quantitative estimate of drug-likeness (QED) is 0.675. The zero-order chi connectivity index (χ0) is 20.4.